The molecular weight excluding hydrogens is 431 g/mol. The van der Waals surface area contributed by atoms with E-state index < -0.39 is 40.6 Å². The van der Waals surface area contributed by atoms with Crippen LogP contribution >= 0.6 is 0 Å². The van der Waals surface area contributed by atoms with Crippen molar-refractivity contribution in [3.8, 4) is 23.3 Å². The van der Waals surface area contributed by atoms with Gasteiger partial charge in [0, 0.05) is 5.56 Å². The molecule has 0 spiro atoms. The molecule has 0 atom stereocenters. The average Bonchev–Trinajstić information content (AvgIpc) is 2.78. The summed E-state index contributed by atoms with van der Waals surface area (Å²) in [4.78, 5) is 12.0. The predicted molar refractivity (Wildman–Crippen MR) is 106 cm³/mol. The van der Waals surface area contributed by atoms with Crippen molar-refractivity contribution in [3.63, 3.8) is 0 Å². The van der Waals surface area contributed by atoms with Crippen LogP contribution in [0.3, 0.4) is 0 Å². The van der Waals surface area contributed by atoms with E-state index >= 15 is 0 Å². The molecule has 0 aliphatic carbocycles. The van der Waals surface area contributed by atoms with Gasteiger partial charge < -0.3 is 9.47 Å². The van der Waals surface area contributed by atoms with Crippen LogP contribution in [0.2, 0.25) is 0 Å². The average molecular weight is 446 g/mol. The van der Waals surface area contributed by atoms with E-state index in [4.69, 9.17) is 9.47 Å². The van der Waals surface area contributed by atoms with Gasteiger partial charge in [0.2, 0.25) is 5.82 Å². The van der Waals surface area contributed by atoms with Crippen molar-refractivity contribution < 1.29 is 36.2 Å². The molecule has 0 fully saturated rings. The van der Waals surface area contributed by atoms with Gasteiger partial charge in [-0.05, 0) is 55.0 Å². The molecule has 3 aromatic carbocycles. The fraction of sp³-hybridized carbons (Fsp3) is 0.125. The summed E-state index contributed by atoms with van der Waals surface area (Å²) in [5, 5.41) is 0. The summed E-state index contributed by atoms with van der Waals surface area (Å²) in [6, 6.07) is 9.20. The van der Waals surface area contributed by atoms with Gasteiger partial charge in [-0.1, -0.05) is 18.8 Å². The van der Waals surface area contributed by atoms with Crippen LogP contribution in [0, 0.1) is 40.9 Å². The van der Waals surface area contributed by atoms with E-state index in [0.29, 0.717) is 24.1 Å². The van der Waals surface area contributed by atoms with Gasteiger partial charge in [-0.2, -0.15) is 4.39 Å². The Morgan fingerprint density at radius 3 is 2.12 bits per heavy atom. The fourth-order valence-corrected chi connectivity index (χ4v) is 2.54. The monoisotopic (exact) mass is 446 g/mol. The molecule has 0 bridgehead atoms. The zero-order valence-electron chi connectivity index (χ0n) is 16.6. The van der Waals surface area contributed by atoms with Crippen LogP contribution in [0.25, 0.3) is 0 Å². The Labute approximate surface area is 180 Å². The number of esters is 1. The van der Waals surface area contributed by atoms with E-state index in [1.807, 2.05) is 6.92 Å². The first-order chi connectivity index (χ1) is 15.3. The van der Waals surface area contributed by atoms with Gasteiger partial charge in [0.15, 0.2) is 29.0 Å². The standard InChI is InChI=1S/C24H15F5O3/c1-2-11-31-20-10-7-15(21(27)23(20)29)6-3-14-4-8-17(9-5-14)32-24(30)16-12-18(25)22(28)19(26)13-16/h4-5,7-10,12-13H,2,11H2,1H3. The van der Waals surface area contributed by atoms with E-state index in [9.17, 15) is 26.7 Å². The number of rotatable bonds is 5. The minimum Gasteiger partial charge on any atom is -0.490 e. The lowest BCUT2D eigenvalue weighted by Crippen LogP contribution is -2.10. The van der Waals surface area contributed by atoms with Gasteiger partial charge in [0.05, 0.1) is 17.7 Å². The third-order valence-corrected chi connectivity index (χ3v) is 4.13. The third kappa shape index (κ3) is 5.24. The van der Waals surface area contributed by atoms with Crippen molar-refractivity contribution in [2.45, 2.75) is 13.3 Å². The molecule has 0 N–H and O–H groups in total. The van der Waals surface area contributed by atoms with Crippen LogP contribution in [-0.2, 0) is 0 Å². The molecule has 3 aromatic rings. The number of carbonyl (C=O) groups excluding carboxylic acids is 1. The van der Waals surface area contributed by atoms with Gasteiger partial charge in [-0.15, -0.1) is 0 Å². The largest absolute Gasteiger partial charge is 0.490 e. The number of ether oxygens (including phenoxy) is 2. The highest BCUT2D eigenvalue weighted by Gasteiger charge is 2.17. The maximum atomic E-state index is 14.2. The Kier molecular flexibility index (Phi) is 7.11. The zero-order valence-corrected chi connectivity index (χ0v) is 16.6. The van der Waals surface area contributed by atoms with Gasteiger partial charge in [0.25, 0.3) is 0 Å². The highest BCUT2D eigenvalue weighted by molar-refractivity contribution is 5.91. The van der Waals surface area contributed by atoms with Crippen molar-refractivity contribution in [2.75, 3.05) is 6.61 Å². The molecule has 164 valence electrons. The number of hydrogen-bond donors (Lipinski definition) is 0. The highest BCUT2D eigenvalue weighted by Crippen LogP contribution is 2.23. The zero-order chi connectivity index (χ0) is 23.3. The minimum atomic E-state index is -1.69. The lowest BCUT2D eigenvalue weighted by atomic mass is 10.1. The smallest absolute Gasteiger partial charge is 0.343 e. The number of benzene rings is 3. The van der Waals surface area contributed by atoms with Crippen molar-refractivity contribution in [1.29, 1.82) is 0 Å². The Balaban J connectivity index is 1.72. The summed E-state index contributed by atoms with van der Waals surface area (Å²) < 4.78 is 77.8. The van der Waals surface area contributed by atoms with Gasteiger partial charge in [-0.25, -0.2) is 22.4 Å². The maximum absolute atomic E-state index is 14.2. The van der Waals surface area contributed by atoms with E-state index in [-0.39, 0.29) is 23.7 Å². The third-order valence-electron chi connectivity index (χ3n) is 4.13. The van der Waals surface area contributed by atoms with Crippen LogP contribution in [-0.4, -0.2) is 12.6 Å². The summed E-state index contributed by atoms with van der Waals surface area (Å²) in [5.41, 5.74) is -0.272. The molecule has 32 heavy (non-hydrogen) atoms. The lowest BCUT2D eigenvalue weighted by Gasteiger charge is -2.07. The van der Waals surface area contributed by atoms with E-state index in [1.165, 1.54) is 36.4 Å². The van der Waals surface area contributed by atoms with Crippen molar-refractivity contribution in [3.05, 3.63) is 94.3 Å². The Hall–Kier alpha value is -3.86. The fourth-order valence-electron chi connectivity index (χ4n) is 2.54. The van der Waals surface area contributed by atoms with Crippen LogP contribution in [0.5, 0.6) is 11.5 Å². The molecule has 8 heteroatoms. The number of halogens is 5. The summed E-state index contributed by atoms with van der Waals surface area (Å²) in [5.74, 6) is -3.08. The van der Waals surface area contributed by atoms with Gasteiger partial charge in [0.1, 0.15) is 5.75 Å². The summed E-state index contributed by atoms with van der Waals surface area (Å²) in [6.07, 6.45) is 0.644. The molecule has 0 saturated carbocycles. The normalized spacial score (nSPS) is 10.3. The second-order valence-corrected chi connectivity index (χ2v) is 6.51. The molecular formula is C24H15F5O3. The minimum absolute atomic E-state index is 0.0281. The maximum Gasteiger partial charge on any atom is 0.343 e. The van der Waals surface area contributed by atoms with Crippen LogP contribution in [0.4, 0.5) is 22.0 Å². The van der Waals surface area contributed by atoms with Crippen LogP contribution in [0.15, 0.2) is 48.5 Å². The summed E-state index contributed by atoms with van der Waals surface area (Å²) in [7, 11) is 0. The Bertz CT molecular complexity index is 1190. The van der Waals surface area contributed by atoms with E-state index in [1.54, 1.807) is 0 Å². The highest BCUT2D eigenvalue weighted by atomic mass is 19.2. The first-order valence-corrected chi connectivity index (χ1v) is 9.39. The summed E-state index contributed by atoms with van der Waals surface area (Å²) >= 11 is 0. The van der Waals surface area contributed by atoms with Gasteiger partial charge >= 0.3 is 5.97 Å². The van der Waals surface area contributed by atoms with Crippen molar-refractivity contribution >= 4 is 5.97 Å². The molecule has 0 saturated heterocycles. The van der Waals surface area contributed by atoms with Crippen molar-refractivity contribution in [2.24, 2.45) is 0 Å². The quantitative estimate of drug-likeness (QED) is 0.164. The van der Waals surface area contributed by atoms with Crippen LogP contribution in [0.1, 0.15) is 34.8 Å². The number of carbonyl (C=O) groups is 1. The molecule has 3 nitrogen and oxygen atoms in total. The van der Waals surface area contributed by atoms with Crippen LogP contribution < -0.4 is 9.47 Å². The second kappa shape index (κ2) is 9.96. The first kappa shape index (κ1) is 22.8. The SMILES string of the molecule is CCCOc1ccc(C#Cc2ccc(OC(=O)c3cc(F)c(F)c(F)c3)cc2)c(F)c1F. The van der Waals surface area contributed by atoms with E-state index in [2.05, 4.69) is 11.8 Å². The molecule has 0 unspecified atom stereocenters. The predicted octanol–water partition coefficient (Wildman–Crippen LogP) is 5.79. The Morgan fingerprint density at radius 2 is 1.50 bits per heavy atom. The number of hydrogen-bond acceptors (Lipinski definition) is 3. The molecule has 0 aliphatic rings. The molecule has 0 aliphatic heterocycles. The first-order valence-electron chi connectivity index (χ1n) is 9.39. The van der Waals surface area contributed by atoms with Crippen molar-refractivity contribution in [1.82, 2.24) is 0 Å². The Morgan fingerprint density at radius 1 is 0.844 bits per heavy atom. The summed E-state index contributed by atoms with van der Waals surface area (Å²) in [6.45, 7) is 2.09. The molecule has 0 radical (unpaired) electrons. The second-order valence-electron chi connectivity index (χ2n) is 6.51. The molecule has 0 heterocycles. The lowest BCUT2D eigenvalue weighted by molar-refractivity contribution is 0.0733. The molecule has 0 amide bonds. The topological polar surface area (TPSA) is 35.5 Å². The molecule has 3 rings (SSSR count). The molecule has 0 aromatic heterocycles. The van der Waals surface area contributed by atoms with Gasteiger partial charge in [-0.3, -0.25) is 0 Å². The van der Waals surface area contributed by atoms with E-state index in [0.717, 1.165) is 0 Å².